The Labute approximate surface area is 110 Å². The van der Waals surface area contributed by atoms with E-state index in [1.165, 1.54) is 58.2 Å². The van der Waals surface area contributed by atoms with E-state index in [4.69, 9.17) is 0 Å². The van der Waals surface area contributed by atoms with Gasteiger partial charge in [-0.1, -0.05) is 66.7 Å². The Morgan fingerprint density at radius 1 is 0.882 bits per heavy atom. The van der Waals surface area contributed by atoms with Crippen LogP contribution in [0.25, 0.3) is 0 Å². The summed E-state index contributed by atoms with van der Waals surface area (Å²) in [5.41, 5.74) is 0. The smallest absolute Gasteiger partial charge is 0.000955 e. The largest absolute Gasteiger partial charge is 0.303 e. The second-order valence-electron chi connectivity index (χ2n) is 5.87. The van der Waals surface area contributed by atoms with Crippen molar-refractivity contribution in [2.24, 2.45) is 11.8 Å². The molecule has 0 saturated heterocycles. The molecule has 0 heterocycles. The Morgan fingerprint density at radius 3 is 2.06 bits per heavy atom. The zero-order valence-corrected chi connectivity index (χ0v) is 13.0. The third kappa shape index (κ3) is 9.64. The molecule has 0 amide bonds. The van der Waals surface area contributed by atoms with Crippen molar-refractivity contribution < 1.29 is 0 Å². The fourth-order valence-electron chi connectivity index (χ4n) is 2.50. The zero-order chi connectivity index (χ0) is 13.1. The fourth-order valence-corrected chi connectivity index (χ4v) is 2.50. The lowest BCUT2D eigenvalue weighted by atomic mass is 9.97. The molecule has 0 aliphatic heterocycles. The van der Waals surface area contributed by atoms with Crippen LogP contribution in [0.3, 0.4) is 0 Å². The molecule has 0 N–H and O–H groups in total. The highest BCUT2D eigenvalue weighted by molar-refractivity contribution is 4.66. The van der Waals surface area contributed by atoms with E-state index in [0.29, 0.717) is 0 Å². The Hall–Kier alpha value is -0.0400. The molecule has 0 radical (unpaired) electrons. The van der Waals surface area contributed by atoms with E-state index in [1.807, 2.05) is 0 Å². The quantitative estimate of drug-likeness (QED) is 0.462. The summed E-state index contributed by atoms with van der Waals surface area (Å²) in [6.07, 6.45) is 8.42. The van der Waals surface area contributed by atoms with Crippen LogP contribution in [0.5, 0.6) is 0 Å². The van der Waals surface area contributed by atoms with Crippen LogP contribution in [0.15, 0.2) is 0 Å². The standard InChI is InChI=1S/C16H35N/c1-6-9-10-11-12-16(7-2)14-17(8-3)13-15(4)5/h15-16H,6-14H2,1-5H3. The molecular weight excluding hydrogens is 206 g/mol. The monoisotopic (exact) mass is 241 g/mol. The van der Waals surface area contributed by atoms with Gasteiger partial charge in [-0.2, -0.15) is 0 Å². The van der Waals surface area contributed by atoms with Gasteiger partial charge in [-0.3, -0.25) is 0 Å². The highest BCUT2D eigenvalue weighted by Crippen LogP contribution is 2.16. The minimum atomic E-state index is 0.799. The molecule has 0 rings (SSSR count). The highest BCUT2D eigenvalue weighted by Gasteiger charge is 2.12. The Morgan fingerprint density at radius 2 is 1.59 bits per heavy atom. The van der Waals surface area contributed by atoms with Gasteiger partial charge in [0.1, 0.15) is 0 Å². The minimum absolute atomic E-state index is 0.799. The van der Waals surface area contributed by atoms with Crippen LogP contribution in [0, 0.1) is 11.8 Å². The molecule has 0 aromatic rings. The third-order valence-corrected chi connectivity index (χ3v) is 3.63. The molecule has 1 unspecified atom stereocenters. The van der Waals surface area contributed by atoms with Crippen LogP contribution in [-0.2, 0) is 0 Å². The Bertz CT molecular complexity index is 154. The summed E-state index contributed by atoms with van der Waals surface area (Å²) in [5.74, 6) is 1.72. The Balaban J connectivity index is 3.83. The van der Waals surface area contributed by atoms with Crippen molar-refractivity contribution in [3.05, 3.63) is 0 Å². The molecule has 0 bridgehead atoms. The van der Waals surface area contributed by atoms with E-state index in [9.17, 15) is 0 Å². The van der Waals surface area contributed by atoms with Crippen molar-refractivity contribution in [1.29, 1.82) is 0 Å². The van der Waals surface area contributed by atoms with Crippen molar-refractivity contribution in [2.45, 2.75) is 73.1 Å². The maximum Gasteiger partial charge on any atom is 0.000955 e. The van der Waals surface area contributed by atoms with E-state index < -0.39 is 0 Å². The molecule has 104 valence electrons. The van der Waals surface area contributed by atoms with E-state index in [-0.39, 0.29) is 0 Å². The normalized spacial score (nSPS) is 13.6. The van der Waals surface area contributed by atoms with Crippen LogP contribution in [-0.4, -0.2) is 24.5 Å². The first kappa shape index (κ1) is 17.0. The molecule has 17 heavy (non-hydrogen) atoms. The molecule has 0 aliphatic carbocycles. The van der Waals surface area contributed by atoms with Gasteiger partial charge in [0, 0.05) is 13.1 Å². The van der Waals surface area contributed by atoms with Gasteiger partial charge < -0.3 is 4.90 Å². The van der Waals surface area contributed by atoms with Crippen molar-refractivity contribution in [1.82, 2.24) is 4.90 Å². The predicted molar refractivity (Wildman–Crippen MR) is 79.5 cm³/mol. The maximum absolute atomic E-state index is 2.64. The maximum atomic E-state index is 2.64. The fraction of sp³-hybridized carbons (Fsp3) is 1.00. The van der Waals surface area contributed by atoms with Crippen LogP contribution < -0.4 is 0 Å². The van der Waals surface area contributed by atoms with Crippen LogP contribution >= 0.6 is 0 Å². The SMILES string of the molecule is CCCCCCC(CC)CN(CC)CC(C)C. The van der Waals surface area contributed by atoms with Crippen LogP contribution in [0.1, 0.15) is 73.1 Å². The van der Waals surface area contributed by atoms with Crippen LogP contribution in [0.2, 0.25) is 0 Å². The number of hydrogen-bond donors (Lipinski definition) is 0. The van der Waals surface area contributed by atoms with Gasteiger partial charge in [-0.25, -0.2) is 0 Å². The van der Waals surface area contributed by atoms with Gasteiger partial charge in [0.25, 0.3) is 0 Å². The number of hydrogen-bond acceptors (Lipinski definition) is 1. The lowest BCUT2D eigenvalue weighted by Crippen LogP contribution is -2.32. The van der Waals surface area contributed by atoms with Gasteiger partial charge in [0.15, 0.2) is 0 Å². The molecule has 0 saturated carbocycles. The number of rotatable bonds is 11. The Kier molecular flexibility index (Phi) is 11.0. The molecule has 0 fully saturated rings. The average molecular weight is 241 g/mol. The van der Waals surface area contributed by atoms with Gasteiger partial charge in [0.2, 0.25) is 0 Å². The topological polar surface area (TPSA) is 3.24 Å². The van der Waals surface area contributed by atoms with E-state index >= 15 is 0 Å². The first-order chi connectivity index (χ1) is 8.13. The molecular formula is C16H35N. The first-order valence-electron chi connectivity index (χ1n) is 7.86. The summed E-state index contributed by atoms with van der Waals surface area (Å²) in [4.78, 5) is 2.64. The summed E-state index contributed by atoms with van der Waals surface area (Å²) in [7, 11) is 0. The molecule has 1 heteroatoms. The number of unbranched alkanes of at least 4 members (excludes halogenated alkanes) is 3. The molecule has 1 atom stereocenters. The first-order valence-corrected chi connectivity index (χ1v) is 7.86. The lowest BCUT2D eigenvalue weighted by molar-refractivity contribution is 0.207. The lowest BCUT2D eigenvalue weighted by Gasteiger charge is -2.27. The third-order valence-electron chi connectivity index (χ3n) is 3.63. The van der Waals surface area contributed by atoms with Crippen molar-refractivity contribution >= 4 is 0 Å². The number of nitrogens with zero attached hydrogens (tertiary/aromatic N) is 1. The zero-order valence-electron chi connectivity index (χ0n) is 13.0. The van der Waals surface area contributed by atoms with E-state index in [0.717, 1.165) is 11.8 Å². The summed E-state index contributed by atoms with van der Waals surface area (Å²) in [6, 6.07) is 0. The van der Waals surface area contributed by atoms with Gasteiger partial charge >= 0.3 is 0 Å². The van der Waals surface area contributed by atoms with Crippen molar-refractivity contribution in [3.63, 3.8) is 0 Å². The average Bonchev–Trinajstić information content (AvgIpc) is 2.31. The van der Waals surface area contributed by atoms with E-state index in [2.05, 4.69) is 39.5 Å². The summed E-state index contributed by atoms with van der Waals surface area (Å²) in [5, 5.41) is 0. The molecule has 0 aromatic heterocycles. The minimum Gasteiger partial charge on any atom is -0.303 e. The van der Waals surface area contributed by atoms with Gasteiger partial charge in [-0.15, -0.1) is 0 Å². The van der Waals surface area contributed by atoms with Gasteiger partial charge in [0.05, 0.1) is 0 Å². The summed E-state index contributed by atoms with van der Waals surface area (Å²) in [6.45, 7) is 15.4. The predicted octanol–water partition coefficient (Wildman–Crippen LogP) is 4.96. The van der Waals surface area contributed by atoms with Crippen LogP contribution in [0.4, 0.5) is 0 Å². The second kappa shape index (κ2) is 11.1. The molecule has 0 aliphatic rings. The summed E-state index contributed by atoms with van der Waals surface area (Å²) >= 11 is 0. The molecule has 0 spiro atoms. The van der Waals surface area contributed by atoms with E-state index in [1.54, 1.807) is 0 Å². The van der Waals surface area contributed by atoms with Crippen molar-refractivity contribution in [3.8, 4) is 0 Å². The van der Waals surface area contributed by atoms with Gasteiger partial charge in [-0.05, 0) is 24.8 Å². The van der Waals surface area contributed by atoms with Crippen molar-refractivity contribution in [2.75, 3.05) is 19.6 Å². The second-order valence-corrected chi connectivity index (χ2v) is 5.87. The molecule has 0 aromatic carbocycles. The highest BCUT2D eigenvalue weighted by atomic mass is 15.1. The summed E-state index contributed by atoms with van der Waals surface area (Å²) < 4.78 is 0. The molecule has 1 nitrogen and oxygen atoms in total.